The summed E-state index contributed by atoms with van der Waals surface area (Å²) < 4.78 is 6.43. The van der Waals surface area contributed by atoms with Crippen LogP contribution in [-0.2, 0) is 11.3 Å². The average molecular weight is 346 g/mol. The van der Waals surface area contributed by atoms with Gasteiger partial charge in [-0.15, -0.1) is 0 Å². The van der Waals surface area contributed by atoms with E-state index in [0.717, 1.165) is 28.6 Å². The van der Waals surface area contributed by atoms with E-state index in [1.807, 2.05) is 54.6 Å². The maximum atomic E-state index is 12.1. The molecular weight excluding hydrogens is 330 g/mol. The normalized spacial score (nSPS) is 17.2. The molecule has 1 amide bonds. The molecule has 0 saturated carbocycles. The lowest BCUT2D eigenvalue weighted by molar-refractivity contribution is 0.0432. The van der Waals surface area contributed by atoms with Gasteiger partial charge in [-0.25, -0.2) is 4.79 Å². The number of ether oxygens (including phenoxy) is 1. The summed E-state index contributed by atoms with van der Waals surface area (Å²) in [7, 11) is 0. The summed E-state index contributed by atoms with van der Waals surface area (Å²) in [5, 5.41) is 0. The number of rotatable bonds is 3. The highest BCUT2D eigenvalue weighted by molar-refractivity contribution is 9.10. The molecule has 1 saturated heterocycles. The van der Waals surface area contributed by atoms with Crippen molar-refractivity contribution in [3.05, 3.63) is 70.2 Å². The van der Waals surface area contributed by atoms with E-state index in [0.29, 0.717) is 6.61 Å². The molecule has 1 aliphatic heterocycles. The number of amides is 1. The van der Waals surface area contributed by atoms with E-state index in [1.165, 1.54) is 0 Å². The predicted molar refractivity (Wildman–Crippen MR) is 84.8 cm³/mol. The summed E-state index contributed by atoms with van der Waals surface area (Å²) in [6.07, 6.45) is 0.750. The number of hydrogen-bond donors (Lipinski definition) is 0. The molecule has 0 aliphatic carbocycles. The molecule has 0 bridgehead atoms. The van der Waals surface area contributed by atoms with Crippen LogP contribution in [0.3, 0.4) is 0 Å². The zero-order valence-corrected chi connectivity index (χ0v) is 13.1. The Balaban J connectivity index is 1.59. The van der Waals surface area contributed by atoms with Crippen molar-refractivity contribution in [3.8, 4) is 0 Å². The Hall–Kier alpha value is -1.81. The Kier molecular flexibility index (Phi) is 4.25. The third-order valence-corrected chi connectivity index (χ3v) is 4.24. The van der Waals surface area contributed by atoms with Crippen LogP contribution in [0.2, 0.25) is 0 Å². The Morgan fingerprint density at radius 1 is 1.14 bits per heavy atom. The van der Waals surface area contributed by atoms with Crippen molar-refractivity contribution >= 4 is 22.0 Å². The van der Waals surface area contributed by atoms with Crippen LogP contribution in [0.25, 0.3) is 0 Å². The van der Waals surface area contributed by atoms with Crippen molar-refractivity contribution in [1.29, 1.82) is 0 Å². The lowest BCUT2D eigenvalue weighted by atomic mass is 9.95. The SMILES string of the molecule is O=C(OCc1ccccc1)N1CCC1c1ccc(Br)cc1. The zero-order valence-electron chi connectivity index (χ0n) is 11.5. The molecule has 4 heteroatoms. The van der Waals surface area contributed by atoms with E-state index in [1.54, 1.807) is 4.90 Å². The highest BCUT2D eigenvalue weighted by Gasteiger charge is 2.34. The number of hydrogen-bond acceptors (Lipinski definition) is 2. The first kappa shape index (κ1) is 14.1. The number of nitrogens with zero attached hydrogens (tertiary/aromatic N) is 1. The molecule has 3 nitrogen and oxygen atoms in total. The summed E-state index contributed by atoms with van der Waals surface area (Å²) in [6, 6.07) is 18.0. The molecule has 0 spiro atoms. The minimum atomic E-state index is -0.238. The highest BCUT2D eigenvalue weighted by atomic mass is 79.9. The fourth-order valence-corrected chi connectivity index (χ4v) is 2.70. The first-order valence-corrected chi connectivity index (χ1v) is 7.76. The van der Waals surface area contributed by atoms with Crippen LogP contribution < -0.4 is 0 Å². The van der Waals surface area contributed by atoms with Gasteiger partial charge in [0.05, 0.1) is 6.04 Å². The van der Waals surface area contributed by atoms with Crippen molar-refractivity contribution < 1.29 is 9.53 Å². The zero-order chi connectivity index (χ0) is 14.7. The first-order chi connectivity index (χ1) is 10.2. The molecule has 1 fully saturated rings. The highest BCUT2D eigenvalue weighted by Crippen LogP contribution is 2.34. The Morgan fingerprint density at radius 3 is 2.48 bits per heavy atom. The molecule has 2 aromatic carbocycles. The second-order valence-electron chi connectivity index (χ2n) is 5.09. The van der Waals surface area contributed by atoms with Crippen LogP contribution >= 0.6 is 15.9 Å². The summed E-state index contributed by atoms with van der Waals surface area (Å²) in [5.41, 5.74) is 2.16. The van der Waals surface area contributed by atoms with E-state index in [2.05, 4.69) is 15.9 Å². The van der Waals surface area contributed by atoms with Gasteiger partial charge < -0.3 is 9.64 Å². The van der Waals surface area contributed by atoms with Gasteiger partial charge in [-0.1, -0.05) is 58.4 Å². The van der Waals surface area contributed by atoms with E-state index >= 15 is 0 Å². The molecule has 108 valence electrons. The second-order valence-corrected chi connectivity index (χ2v) is 6.01. The maximum absolute atomic E-state index is 12.1. The number of benzene rings is 2. The van der Waals surface area contributed by atoms with Gasteiger partial charge >= 0.3 is 6.09 Å². The Bertz CT molecular complexity index is 612. The van der Waals surface area contributed by atoms with E-state index in [4.69, 9.17) is 4.74 Å². The van der Waals surface area contributed by atoms with Crippen LogP contribution in [0.15, 0.2) is 59.1 Å². The summed E-state index contributed by atoms with van der Waals surface area (Å²) in [5.74, 6) is 0. The van der Waals surface area contributed by atoms with Crippen LogP contribution in [0.1, 0.15) is 23.6 Å². The quantitative estimate of drug-likeness (QED) is 0.817. The van der Waals surface area contributed by atoms with Crippen molar-refractivity contribution in [1.82, 2.24) is 4.90 Å². The fourth-order valence-electron chi connectivity index (χ4n) is 2.44. The van der Waals surface area contributed by atoms with E-state index in [9.17, 15) is 4.79 Å². The monoisotopic (exact) mass is 345 g/mol. The van der Waals surface area contributed by atoms with Gasteiger partial charge in [-0.3, -0.25) is 0 Å². The third kappa shape index (κ3) is 3.27. The molecule has 1 heterocycles. The summed E-state index contributed by atoms with van der Waals surface area (Å²) in [6.45, 7) is 1.08. The number of carbonyl (C=O) groups excluding carboxylic acids is 1. The van der Waals surface area contributed by atoms with Crippen molar-refractivity contribution in [2.24, 2.45) is 0 Å². The predicted octanol–water partition coefficient (Wildman–Crippen LogP) is 4.53. The van der Waals surface area contributed by atoms with Crippen LogP contribution in [0.5, 0.6) is 0 Å². The average Bonchev–Trinajstić information content (AvgIpc) is 2.47. The van der Waals surface area contributed by atoms with E-state index in [-0.39, 0.29) is 12.1 Å². The second kappa shape index (κ2) is 6.31. The molecule has 0 N–H and O–H groups in total. The third-order valence-electron chi connectivity index (χ3n) is 3.71. The molecule has 0 aromatic heterocycles. The Labute approximate surface area is 132 Å². The topological polar surface area (TPSA) is 29.5 Å². The minimum Gasteiger partial charge on any atom is -0.445 e. The lowest BCUT2D eigenvalue weighted by Gasteiger charge is -2.40. The molecule has 0 radical (unpaired) electrons. The molecule has 1 atom stereocenters. The fraction of sp³-hybridized carbons (Fsp3) is 0.235. The molecule has 3 rings (SSSR count). The smallest absolute Gasteiger partial charge is 0.410 e. The Morgan fingerprint density at radius 2 is 1.86 bits per heavy atom. The van der Waals surface area contributed by atoms with Gasteiger partial charge in [0.1, 0.15) is 6.61 Å². The van der Waals surface area contributed by atoms with Gasteiger partial charge in [0.2, 0.25) is 0 Å². The molecule has 2 aromatic rings. The number of halogens is 1. The van der Waals surface area contributed by atoms with Crippen LogP contribution in [0, 0.1) is 0 Å². The number of carbonyl (C=O) groups is 1. The van der Waals surface area contributed by atoms with Crippen molar-refractivity contribution in [2.45, 2.75) is 19.1 Å². The number of likely N-dealkylation sites (tertiary alicyclic amines) is 1. The minimum absolute atomic E-state index is 0.140. The van der Waals surface area contributed by atoms with Crippen molar-refractivity contribution in [3.63, 3.8) is 0 Å². The van der Waals surface area contributed by atoms with Crippen LogP contribution in [0.4, 0.5) is 4.79 Å². The van der Waals surface area contributed by atoms with E-state index < -0.39 is 0 Å². The lowest BCUT2D eigenvalue weighted by Crippen LogP contribution is -2.45. The van der Waals surface area contributed by atoms with Crippen molar-refractivity contribution in [2.75, 3.05) is 6.54 Å². The summed E-state index contributed by atoms with van der Waals surface area (Å²) in [4.78, 5) is 13.9. The molecule has 1 unspecified atom stereocenters. The van der Waals surface area contributed by atoms with Gasteiger partial charge in [-0.05, 0) is 29.7 Å². The van der Waals surface area contributed by atoms with Gasteiger partial charge in [0.25, 0.3) is 0 Å². The van der Waals surface area contributed by atoms with Gasteiger partial charge in [-0.2, -0.15) is 0 Å². The standard InChI is InChI=1S/C17H16BrNO2/c18-15-8-6-14(7-9-15)16-10-11-19(16)17(20)21-12-13-4-2-1-3-5-13/h1-9,16H,10-12H2. The molecule has 21 heavy (non-hydrogen) atoms. The largest absolute Gasteiger partial charge is 0.445 e. The van der Waals surface area contributed by atoms with Gasteiger partial charge in [0, 0.05) is 11.0 Å². The first-order valence-electron chi connectivity index (χ1n) is 6.97. The molecular formula is C17H16BrNO2. The van der Waals surface area contributed by atoms with Gasteiger partial charge in [0.15, 0.2) is 0 Å². The maximum Gasteiger partial charge on any atom is 0.410 e. The summed E-state index contributed by atoms with van der Waals surface area (Å²) >= 11 is 3.42. The van der Waals surface area contributed by atoms with Crippen LogP contribution in [-0.4, -0.2) is 17.5 Å². The molecule has 1 aliphatic rings.